The molecule has 0 saturated carbocycles. The lowest BCUT2D eigenvalue weighted by atomic mass is 9.77. The highest BCUT2D eigenvalue weighted by molar-refractivity contribution is 4.89. The summed E-state index contributed by atoms with van der Waals surface area (Å²) in [6.45, 7) is 12.5. The van der Waals surface area contributed by atoms with Crippen LogP contribution >= 0.6 is 0 Å². The van der Waals surface area contributed by atoms with E-state index in [1.54, 1.807) is 0 Å². The van der Waals surface area contributed by atoms with Crippen molar-refractivity contribution in [2.45, 2.75) is 57.8 Å². The molecule has 6 heteroatoms. The van der Waals surface area contributed by atoms with Gasteiger partial charge >= 0.3 is 0 Å². The first kappa shape index (κ1) is 19.4. The summed E-state index contributed by atoms with van der Waals surface area (Å²) in [5.41, 5.74) is -0.287. The molecule has 0 aromatic carbocycles. The van der Waals surface area contributed by atoms with Gasteiger partial charge in [0.05, 0.1) is 32.0 Å². The number of nitrogens with zero attached hydrogens (tertiary/aromatic N) is 3. The standard InChI is InChI=1S/C17H25N3O3/c1-16(2)22-13-15(23-16)12-21-14-17(6-4-9-18,7-5-10-19)8-11-20-3/h15H,4-8,11-14H2,1-2H3. The molecule has 0 bridgehead atoms. The molecule has 126 valence electrons. The van der Waals surface area contributed by atoms with Crippen molar-refractivity contribution in [2.75, 3.05) is 26.4 Å². The van der Waals surface area contributed by atoms with Crippen LogP contribution < -0.4 is 0 Å². The topological polar surface area (TPSA) is 79.6 Å². The van der Waals surface area contributed by atoms with Crippen molar-refractivity contribution >= 4 is 0 Å². The second kappa shape index (κ2) is 9.48. The molecule has 1 rings (SSSR count). The Bertz CT molecular complexity index is 439. The summed E-state index contributed by atoms with van der Waals surface area (Å²) in [7, 11) is 0. The highest BCUT2D eigenvalue weighted by atomic mass is 16.7. The quantitative estimate of drug-likeness (QED) is 0.578. The minimum Gasteiger partial charge on any atom is -0.378 e. The van der Waals surface area contributed by atoms with Crippen LogP contribution in [0.5, 0.6) is 0 Å². The van der Waals surface area contributed by atoms with E-state index < -0.39 is 5.79 Å². The van der Waals surface area contributed by atoms with Crippen molar-refractivity contribution in [3.8, 4) is 12.1 Å². The van der Waals surface area contributed by atoms with Gasteiger partial charge in [-0.3, -0.25) is 0 Å². The highest BCUT2D eigenvalue weighted by Gasteiger charge is 2.35. The second-order valence-electron chi connectivity index (χ2n) is 6.41. The Balaban J connectivity index is 2.57. The fraction of sp³-hybridized carbons (Fsp3) is 0.824. The first-order valence-corrected chi connectivity index (χ1v) is 7.93. The van der Waals surface area contributed by atoms with Gasteiger partial charge in [-0.05, 0) is 26.7 Å². The molecule has 1 unspecified atom stereocenters. The molecule has 1 aliphatic rings. The van der Waals surface area contributed by atoms with Gasteiger partial charge in [0.2, 0.25) is 6.54 Å². The molecule has 1 saturated heterocycles. The van der Waals surface area contributed by atoms with Crippen LogP contribution in [-0.2, 0) is 14.2 Å². The number of hydrogen-bond acceptors (Lipinski definition) is 5. The van der Waals surface area contributed by atoms with Gasteiger partial charge < -0.3 is 19.1 Å². The van der Waals surface area contributed by atoms with E-state index in [0.29, 0.717) is 58.5 Å². The van der Waals surface area contributed by atoms with Gasteiger partial charge in [-0.15, -0.1) is 0 Å². The van der Waals surface area contributed by atoms with Gasteiger partial charge in [0, 0.05) is 24.7 Å². The summed E-state index contributed by atoms with van der Waals surface area (Å²) in [5.74, 6) is -0.573. The fourth-order valence-electron chi connectivity index (χ4n) is 2.78. The zero-order chi connectivity index (χ0) is 17.2. The molecule has 0 aliphatic carbocycles. The van der Waals surface area contributed by atoms with Crippen LogP contribution in [0.1, 0.15) is 46.0 Å². The first-order valence-electron chi connectivity index (χ1n) is 7.93. The fourth-order valence-corrected chi connectivity index (χ4v) is 2.78. The maximum absolute atomic E-state index is 8.88. The molecular weight excluding hydrogens is 294 g/mol. The van der Waals surface area contributed by atoms with Crippen LogP contribution in [0.3, 0.4) is 0 Å². The van der Waals surface area contributed by atoms with Crippen LogP contribution in [0.2, 0.25) is 0 Å². The Kier molecular flexibility index (Phi) is 8.00. The van der Waals surface area contributed by atoms with Crippen LogP contribution in [0, 0.1) is 34.6 Å². The molecule has 0 amide bonds. The number of hydrogen-bond donors (Lipinski definition) is 0. The van der Waals surface area contributed by atoms with E-state index >= 15 is 0 Å². The normalized spacial score (nSPS) is 19.7. The summed E-state index contributed by atoms with van der Waals surface area (Å²) in [4.78, 5) is 3.43. The predicted molar refractivity (Wildman–Crippen MR) is 83.9 cm³/mol. The molecule has 1 fully saturated rings. The number of nitriles is 2. The van der Waals surface area contributed by atoms with E-state index in [2.05, 4.69) is 17.0 Å². The van der Waals surface area contributed by atoms with Crippen LogP contribution in [0.25, 0.3) is 4.85 Å². The average molecular weight is 319 g/mol. The van der Waals surface area contributed by atoms with E-state index in [0.717, 1.165) is 0 Å². The van der Waals surface area contributed by atoms with Crippen molar-refractivity contribution in [1.82, 2.24) is 0 Å². The second-order valence-corrected chi connectivity index (χ2v) is 6.41. The zero-order valence-electron chi connectivity index (χ0n) is 14.0. The summed E-state index contributed by atoms with van der Waals surface area (Å²) in [6.07, 6.45) is 2.65. The molecule has 0 radical (unpaired) electrons. The molecule has 0 N–H and O–H groups in total. The van der Waals surface area contributed by atoms with Crippen molar-refractivity contribution in [1.29, 1.82) is 10.5 Å². The lowest BCUT2D eigenvalue weighted by Crippen LogP contribution is -2.31. The summed E-state index contributed by atoms with van der Waals surface area (Å²) in [5, 5.41) is 17.8. The third-order valence-corrected chi connectivity index (χ3v) is 4.07. The molecule has 1 aliphatic heterocycles. The number of ether oxygens (including phenoxy) is 3. The van der Waals surface area contributed by atoms with E-state index in [1.165, 1.54) is 0 Å². The van der Waals surface area contributed by atoms with Crippen LogP contribution in [0.4, 0.5) is 0 Å². The first-order chi connectivity index (χ1) is 11.0. The lowest BCUT2D eigenvalue weighted by Gasteiger charge is -2.31. The van der Waals surface area contributed by atoms with Gasteiger partial charge in [0.15, 0.2) is 5.79 Å². The smallest absolute Gasteiger partial charge is 0.215 e. The van der Waals surface area contributed by atoms with E-state index in [4.69, 9.17) is 31.3 Å². The molecular formula is C17H25N3O3. The molecule has 6 nitrogen and oxygen atoms in total. The zero-order valence-corrected chi connectivity index (χ0v) is 14.0. The SMILES string of the molecule is [C-]#[N+]CCC(CCC#N)(CCC#N)COCC1COC(C)(C)O1. The summed E-state index contributed by atoms with van der Waals surface area (Å²) >= 11 is 0. The molecule has 0 aromatic heterocycles. The third-order valence-electron chi connectivity index (χ3n) is 4.07. The molecule has 0 spiro atoms. The van der Waals surface area contributed by atoms with Crippen molar-refractivity contribution in [2.24, 2.45) is 5.41 Å². The summed E-state index contributed by atoms with van der Waals surface area (Å²) in [6, 6.07) is 4.31. The van der Waals surface area contributed by atoms with Crippen molar-refractivity contribution < 1.29 is 14.2 Å². The molecule has 23 heavy (non-hydrogen) atoms. The Morgan fingerprint density at radius 3 is 2.39 bits per heavy atom. The maximum Gasteiger partial charge on any atom is 0.215 e. The van der Waals surface area contributed by atoms with Gasteiger partial charge in [-0.2, -0.15) is 10.5 Å². The van der Waals surface area contributed by atoms with Crippen LogP contribution in [0.15, 0.2) is 0 Å². The van der Waals surface area contributed by atoms with E-state index in [9.17, 15) is 0 Å². The Morgan fingerprint density at radius 2 is 1.91 bits per heavy atom. The number of rotatable bonds is 10. The lowest BCUT2D eigenvalue weighted by molar-refractivity contribution is -0.147. The van der Waals surface area contributed by atoms with E-state index in [-0.39, 0.29) is 11.5 Å². The van der Waals surface area contributed by atoms with Gasteiger partial charge in [0.1, 0.15) is 6.10 Å². The highest BCUT2D eigenvalue weighted by Crippen LogP contribution is 2.34. The van der Waals surface area contributed by atoms with Crippen molar-refractivity contribution in [3.05, 3.63) is 11.4 Å². The molecule has 1 atom stereocenters. The van der Waals surface area contributed by atoms with Crippen molar-refractivity contribution in [3.63, 3.8) is 0 Å². The minimum atomic E-state index is -0.573. The monoisotopic (exact) mass is 319 g/mol. The van der Waals surface area contributed by atoms with Crippen LogP contribution in [-0.4, -0.2) is 38.3 Å². The van der Waals surface area contributed by atoms with Gasteiger partial charge in [0.25, 0.3) is 0 Å². The molecule has 0 aromatic rings. The minimum absolute atomic E-state index is 0.101. The average Bonchev–Trinajstić information content (AvgIpc) is 2.87. The Morgan fingerprint density at radius 1 is 1.26 bits per heavy atom. The van der Waals surface area contributed by atoms with E-state index in [1.807, 2.05) is 13.8 Å². The summed E-state index contributed by atoms with van der Waals surface area (Å²) < 4.78 is 17.0. The Labute approximate surface area is 138 Å². The Hall–Kier alpha value is -1.65. The van der Waals surface area contributed by atoms with Gasteiger partial charge in [-0.25, -0.2) is 6.57 Å². The maximum atomic E-state index is 8.88. The van der Waals surface area contributed by atoms with Gasteiger partial charge in [-0.1, -0.05) is 0 Å². The largest absolute Gasteiger partial charge is 0.378 e. The molecule has 1 heterocycles. The predicted octanol–water partition coefficient (Wildman–Crippen LogP) is 3.06. The third kappa shape index (κ3) is 6.97.